The number of esters is 1. The molecule has 0 bridgehead atoms. The van der Waals surface area contributed by atoms with E-state index >= 15 is 0 Å². The third-order valence-electron chi connectivity index (χ3n) is 2.20. The van der Waals surface area contributed by atoms with E-state index in [1.807, 2.05) is 0 Å². The fourth-order valence-corrected chi connectivity index (χ4v) is 2.03. The van der Waals surface area contributed by atoms with Crippen molar-refractivity contribution in [2.45, 2.75) is 39.2 Å². The second-order valence-electron chi connectivity index (χ2n) is 5.18. The number of ketones is 1. The highest BCUT2D eigenvalue weighted by molar-refractivity contribution is 6.36. The van der Waals surface area contributed by atoms with Gasteiger partial charge in [0.2, 0.25) is 0 Å². The first-order chi connectivity index (χ1) is 8.69. The molecule has 3 nitrogen and oxygen atoms in total. The molecule has 19 heavy (non-hydrogen) atoms. The van der Waals surface area contributed by atoms with Crippen molar-refractivity contribution in [2.24, 2.45) is 0 Å². The van der Waals surface area contributed by atoms with Gasteiger partial charge in [-0.3, -0.25) is 9.59 Å². The topological polar surface area (TPSA) is 43.4 Å². The Bertz CT molecular complexity index is 470. The number of benzene rings is 1. The number of ether oxygens (including phenoxy) is 1. The Morgan fingerprint density at radius 1 is 1.16 bits per heavy atom. The third-order valence-corrected chi connectivity index (χ3v) is 2.91. The van der Waals surface area contributed by atoms with Crippen LogP contribution in [0.1, 0.15) is 32.8 Å². The molecule has 0 fully saturated rings. The number of rotatable bonds is 4. The normalized spacial score (nSPS) is 11.2. The molecule has 1 aromatic rings. The summed E-state index contributed by atoms with van der Waals surface area (Å²) in [6, 6.07) is 5.01. The molecule has 1 rings (SSSR count). The first-order valence-electron chi connectivity index (χ1n) is 5.85. The first kappa shape index (κ1) is 16.0. The van der Waals surface area contributed by atoms with Crippen LogP contribution in [0.15, 0.2) is 18.2 Å². The molecular formula is C14H16Cl2O3. The molecule has 0 aromatic heterocycles. The van der Waals surface area contributed by atoms with E-state index in [1.54, 1.807) is 39.0 Å². The van der Waals surface area contributed by atoms with Gasteiger partial charge in [0.05, 0.1) is 0 Å². The maximum atomic E-state index is 11.8. The Kier molecular flexibility index (Phi) is 5.39. The van der Waals surface area contributed by atoms with Crippen molar-refractivity contribution in [2.75, 3.05) is 0 Å². The lowest BCUT2D eigenvalue weighted by molar-refractivity contribution is -0.156. The van der Waals surface area contributed by atoms with Crippen LogP contribution in [0, 0.1) is 0 Å². The highest BCUT2D eigenvalue weighted by Gasteiger charge is 2.20. The summed E-state index contributed by atoms with van der Waals surface area (Å²) >= 11 is 11.9. The summed E-state index contributed by atoms with van der Waals surface area (Å²) in [5.41, 5.74) is -0.0567. The van der Waals surface area contributed by atoms with Crippen LogP contribution in [-0.2, 0) is 20.7 Å². The van der Waals surface area contributed by atoms with Crippen molar-refractivity contribution in [1.29, 1.82) is 0 Å². The van der Waals surface area contributed by atoms with Gasteiger partial charge in [-0.15, -0.1) is 0 Å². The largest absolute Gasteiger partial charge is 0.460 e. The van der Waals surface area contributed by atoms with Crippen LogP contribution in [0.4, 0.5) is 0 Å². The molecule has 1 aromatic carbocycles. The van der Waals surface area contributed by atoms with Crippen LogP contribution in [0.25, 0.3) is 0 Å². The van der Waals surface area contributed by atoms with Crippen LogP contribution < -0.4 is 0 Å². The van der Waals surface area contributed by atoms with Crippen molar-refractivity contribution >= 4 is 35.0 Å². The molecule has 0 saturated heterocycles. The molecule has 0 aliphatic rings. The Morgan fingerprint density at radius 3 is 2.16 bits per heavy atom. The second kappa shape index (κ2) is 6.40. The monoisotopic (exact) mass is 302 g/mol. The van der Waals surface area contributed by atoms with Gasteiger partial charge in [-0.2, -0.15) is 0 Å². The average Bonchev–Trinajstić information content (AvgIpc) is 2.20. The Hall–Kier alpha value is -1.06. The predicted molar refractivity (Wildman–Crippen MR) is 75.6 cm³/mol. The van der Waals surface area contributed by atoms with Gasteiger partial charge in [0.1, 0.15) is 17.8 Å². The van der Waals surface area contributed by atoms with E-state index in [-0.39, 0.29) is 18.6 Å². The van der Waals surface area contributed by atoms with Crippen molar-refractivity contribution in [1.82, 2.24) is 0 Å². The van der Waals surface area contributed by atoms with Crippen LogP contribution in [0.3, 0.4) is 0 Å². The summed E-state index contributed by atoms with van der Waals surface area (Å²) in [4.78, 5) is 23.3. The molecule has 0 radical (unpaired) electrons. The van der Waals surface area contributed by atoms with Crippen LogP contribution in [0.2, 0.25) is 10.0 Å². The molecule has 0 atom stereocenters. The minimum absolute atomic E-state index is 0.0255. The minimum Gasteiger partial charge on any atom is -0.460 e. The zero-order valence-electron chi connectivity index (χ0n) is 11.1. The number of halogens is 2. The number of carbonyl (C=O) groups is 2. The van der Waals surface area contributed by atoms with E-state index < -0.39 is 11.6 Å². The summed E-state index contributed by atoms with van der Waals surface area (Å²) in [5.74, 6) is -0.815. The van der Waals surface area contributed by atoms with Crippen molar-refractivity contribution in [3.05, 3.63) is 33.8 Å². The van der Waals surface area contributed by atoms with Gasteiger partial charge in [-0.05, 0) is 38.5 Å². The van der Waals surface area contributed by atoms with Crippen LogP contribution >= 0.6 is 23.2 Å². The summed E-state index contributed by atoms with van der Waals surface area (Å²) in [5, 5.41) is 0.843. The molecule has 0 spiro atoms. The maximum absolute atomic E-state index is 11.8. The summed E-state index contributed by atoms with van der Waals surface area (Å²) in [6.07, 6.45) is -0.253. The first-order valence-corrected chi connectivity index (χ1v) is 6.61. The highest BCUT2D eigenvalue weighted by atomic mass is 35.5. The molecule has 0 unspecified atom stereocenters. The van der Waals surface area contributed by atoms with Gasteiger partial charge >= 0.3 is 5.97 Å². The molecule has 0 aliphatic heterocycles. The molecule has 0 amide bonds. The van der Waals surface area contributed by atoms with Gasteiger partial charge in [0, 0.05) is 16.5 Å². The molecule has 5 heteroatoms. The molecule has 104 valence electrons. The maximum Gasteiger partial charge on any atom is 0.313 e. The SMILES string of the molecule is CC(C)(C)OC(=O)CC(=O)Cc1c(Cl)cccc1Cl. The summed E-state index contributed by atoms with van der Waals surface area (Å²) in [6.45, 7) is 5.25. The van der Waals surface area contributed by atoms with Gasteiger partial charge in [-0.25, -0.2) is 0 Å². The van der Waals surface area contributed by atoms with Crippen LogP contribution in [-0.4, -0.2) is 17.4 Å². The number of hydrogen-bond donors (Lipinski definition) is 0. The Labute approximate surface area is 122 Å². The van der Waals surface area contributed by atoms with E-state index in [4.69, 9.17) is 27.9 Å². The lowest BCUT2D eigenvalue weighted by Crippen LogP contribution is -2.25. The van der Waals surface area contributed by atoms with E-state index in [1.165, 1.54) is 0 Å². The van der Waals surface area contributed by atoms with Crippen molar-refractivity contribution in [3.63, 3.8) is 0 Å². The van der Waals surface area contributed by atoms with E-state index in [2.05, 4.69) is 0 Å². The molecular weight excluding hydrogens is 287 g/mol. The van der Waals surface area contributed by atoms with Crippen molar-refractivity contribution < 1.29 is 14.3 Å². The van der Waals surface area contributed by atoms with Gasteiger partial charge in [0.15, 0.2) is 0 Å². The zero-order valence-corrected chi connectivity index (χ0v) is 12.6. The fourth-order valence-electron chi connectivity index (χ4n) is 1.50. The lowest BCUT2D eigenvalue weighted by atomic mass is 10.1. The van der Waals surface area contributed by atoms with Gasteiger partial charge in [-0.1, -0.05) is 29.3 Å². The van der Waals surface area contributed by atoms with E-state index in [0.29, 0.717) is 15.6 Å². The lowest BCUT2D eigenvalue weighted by Gasteiger charge is -2.19. The second-order valence-corrected chi connectivity index (χ2v) is 5.99. The van der Waals surface area contributed by atoms with Gasteiger partial charge in [0.25, 0.3) is 0 Å². The van der Waals surface area contributed by atoms with E-state index in [0.717, 1.165) is 0 Å². The molecule has 0 heterocycles. The number of carbonyl (C=O) groups excluding carboxylic acids is 2. The average molecular weight is 303 g/mol. The van der Waals surface area contributed by atoms with Crippen LogP contribution in [0.5, 0.6) is 0 Å². The minimum atomic E-state index is -0.598. The predicted octanol–water partition coefficient (Wildman–Crippen LogP) is 3.84. The zero-order chi connectivity index (χ0) is 14.6. The summed E-state index contributed by atoms with van der Waals surface area (Å²) < 4.78 is 5.08. The highest BCUT2D eigenvalue weighted by Crippen LogP contribution is 2.25. The molecule has 0 aliphatic carbocycles. The van der Waals surface area contributed by atoms with E-state index in [9.17, 15) is 9.59 Å². The standard InChI is InChI=1S/C14H16Cl2O3/c1-14(2,3)19-13(18)8-9(17)7-10-11(15)5-4-6-12(10)16/h4-6H,7-8H2,1-3H3. The van der Waals surface area contributed by atoms with Crippen molar-refractivity contribution in [3.8, 4) is 0 Å². The van der Waals surface area contributed by atoms with Gasteiger partial charge < -0.3 is 4.74 Å². The quantitative estimate of drug-likeness (QED) is 0.627. The number of Topliss-reactive ketones (excluding diaryl/α,β-unsaturated/α-hetero) is 1. The Morgan fingerprint density at radius 2 is 1.68 bits per heavy atom. The molecule has 0 N–H and O–H groups in total. The fraction of sp³-hybridized carbons (Fsp3) is 0.429. The Balaban J connectivity index is 2.64. The smallest absolute Gasteiger partial charge is 0.313 e. The molecule has 0 saturated carbocycles. The number of hydrogen-bond acceptors (Lipinski definition) is 3. The third kappa shape index (κ3) is 5.62. The summed E-state index contributed by atoms with van der Waals surface area (Å²) in [7, 11) is 0.